The fraction of sp³-hybridized carbons (Fsp3) is 0.667. The normalized spacial score (nSPS) is 21.8. The van der Waals surface area contributed by atoms with Gasteiger partial charge in [-0.05, 0) is 267 Å². The molecule has 0 radical (unpaired) electrons. The molecule has 0 spiro atoms. The Morgan fingerprint density at radius 3 is 0.892 bits per heavy atom. The van der Waals surface area contributed by atoms with E-state index in [-0.39, 0.29) is 150 Å². The smallest absolute Gasteiger partial charge is 0.358 e. The molecule has 844 valence electrons. The number of hydrogen-bond donors (Lipinski definition) is 0. The average Bonchev–Trinajstić information content (AvgIpc) is 1.30. The van der Waals surface area contributed by atoms with E-state index >= 15 is 0 Å². The van der Waals surface area contributed by atoms with Crippen LogP contribution in [0.25, 0.3) is 33.1 Å². The zero-order valence-electron chi connectivity index (χ0n) is 99.6. The Morgan fingerprint density at radius 2 is 0.601 bits per heavy atom. The topological polar surface area (TPSA) is 129 Å². The molecule has 8 aromatic rings. The van der Waals surface area contributed by atoms with Gasteiger partial charge in [-0.15, -0.1) is 7.92 Å². The zero-order chi connectivity index (χ0) is 101. The molecule has 13 atom stereocenters. The number of benzene rings is 5. The third kappa shape index (κ3) is 43.4. The van der Waals surface area contributed by atoms with Gasteiger partial charge in [-0.2, -0.15) is 0 Å². The first kappa shape index (κ1) is 149. The van der Waals surface area contributed by atoms with Crippen LogP contribution >= 0.6 is 76.9 Å². The van der Waals surface area contributed by atoms with Crippen LogP contribution in [-0.4, -0.2) is 164 Å². The van der Waals surface area contributed by atoms with Crippen LogP contribution in [-0.2, 0) is 64.9 Å². The third-order valence-electron chi connectivity index (χ3n) is 33.1. The van der Waals surface area contributed by atoms with Gasteiger partial charge in [0.05, 0.1) is 62.0 Å². The Morgan fingerprint density at radius 1 is 0.324 bits per heavy atom. The summed E-state index contributed by atoms with van der Waals surface area (Å²) in [5.74, 6) is 5.55. The van der Waals surface area contributed by atoms with E-state index in [1.807, 2.05) is 116 Å². The summed E-state index contributed by atoms with van der Waals surface area (Å²) in [6, 6.07) is 46.1. The van der Waals surface area contributed by atoms with Crippen molar-refractivity contribution in [3.63, 3.8) is 0 Å². The maximum atomic E-state index is 14.1. The Kier molecular flexibility index (Phi) is 73.3. The minimum atomic E-state index is -2.58. The Hall–Kier alpha value is -0.622. The van der Waals surface area contributed by atoms with Crippen molar-refractivity contribution in [2.45, 2.75) is 430 Å². The second-order valence-corrected chi connectivity index (χ2v) is 76.4. The zero-order valence-corrected chi connectivity index (χ0v) is 112. The molecule has 17 rings (SSSR count). The van der Waals surface area contributed by atoms with E-state index in [0.717, 1.165) is 113 Å². The van der Waals surface area contributed by atoms with Crippen molar-refractivity contribution < 1.29 is 64.9 Å². The van der Waals surface area contributed by atoms with Crippen molar-refractivity contribution >= 4 is 153 Å². The molecule has 3 heterocycles. The SMILES string of the molecule is C.C1CCCC1.C1CCCC1.C1CCCC1.CC(C)C1C(C)CCC1C.CC(C)P(C)C1CCCC1[C@@H](C)P(C1CCCCC1)C1CCCCC1.CP(C)c1nc2ccccc2nc1[P@@](C)(=O)C(C)(C)C.CP(C)c1nc2ccccc2nc1[P@](C)(=O)C(C)(C)C.CP(C)c1nc2ccccc2nc1[P@](C)C(C)(C)C.C[C@H](C1CCCC1P(c1ccccc1)c1ccccc1)P(C)(=O)C1CCCCC1.[CH3-].[CH3-].[CH3-].[CH3-].[CH3-].[CH3-].[Fe+2].[Fe+2].[Fe+2]. The molecule has 0 saturated heterocycles. The molecule has 0 aliphatic heterocycles. The van der Waals surface area contributed by atoms with Crippen LogP contribution in [0.5, 0.6) is 0 Å². The van der Waals surface area contributed by atoms with Crippen LogP contribution in [0.1, 0.15) is 369 Å². The molecule has 22 heteroatoms. The number of para-hydroxylation sites is 6. The summed E-state index contributed by atoms with van der Waals surface area (Å²) in [4.78, 5) is 28.8. The Balaban J connectivity index is 0. The van der Waals surface area contributed by atoms with Gasteiger partial charge in [0, 0.05) is 21.6 Å². The molecule has 9 aliphatic rings. The molecule has 0 bridgehead atoms. The van der Waals surface area contributed by atoms with Gasteiger partial charge in [-0.1, -0.05) is 442 Å². The number of rotatable bonds is 19. The predicted octanol–water partition coefficient (Wildman–Crippen LogP) is 38.1. The van der Waals surface area contributed by atoms with Crippen molar-refractivity contribution in [3.05, 3.63) is 178 Å². The average molecular weight is 2340 g/mol. The first-order valence-electron chi connectivity index (χ1n) is 55.1. The fourth-order valence-electron chi connectivity index (χ4n) is 23.3. The summed E-state index contributed by atoms with van der Waals surface area (Å²) in [6.45, 7) is 62.5. The summed E-state index contributed by atoms with van der Waals surface area (Å²) in [7, 11) is -8.64. The molecule has 148 heavy (non-hydrogen) atoms. The largest absolute Gasteiger partial charge is 2.00 e. The molecule has 3 aromatic heterocycles. The van der Waals surface area contributed by atoms with E-state index < -0.39 is 45.2 Å². The summed E-state index contributed by atoms with van der Waals surface area (Å²) < 4.78 is 40.7. The van der Waals surface area contributed by atoms with E-state index in [1.165, 1.54) is 201 Å². The van der Waals surface area contributed by atoms with Crippen molar-refractivity contribution in [2.24, 2.45) is 35.5 Å². The van der Waals surface area contributed by atoms with E-state index in [9.17, 15) is 13.7 Å². The number of nitrogens with zero attached hydrogens (tertiary/aromatic N) is 6. The molecule has 5 aromatic carbocycles. The van der Waals surface area contributed by atoms with E-state index in [4.69, 9.17) is 29.9 Å². The monoisotopic (exact) mass is 2340 g/mol. The number of hydrogen-bond acceptors (Lipinski definition) is 9. The molecule has 0 amide bonds. The second kappa shape index (κ2) is 72.6. The molecule has 0 N–H and O–H groups in total. The van der Waals surface area contributed by atoms with E-state index in [0.29, 0.717) is 22.9 Å². The summed E-state index contributed by atoms with van der Waals surface area (Å²) in [5, 5.41) is 2.64. The van der Waals surface area contributed by atoms with Crippen molar-refractivity contribution in [1.82, 2.24) is 29.9 Å². The fourth-order valence-corrected chi connectivity index (χ4v) is 46.6. The van der Waals surface area contributed by atoms with Gasteiger partial charge in [0.25, 0.3) is 0 Å². The molecule has 9 aliphatic carbocycles. The molecule has 8 unspecified atom stereocenters. The molecule has 9 saturated carbocycles. The van der Waals surface area contributed by atoms with Crippen LogP contribution in [0.3, 0.4) is 0 Å². The number of aromatic nitrogens is 6. The van der Waals surface area contributed by atoms with Crippen LogP contribution < -0.4 is 43.2 Å². The molecule has 9 nitrogen and oxygen atoms in total. The van der Waals surface area contributed by atoms with Gasteiger partial charge >= 0.3 is 51.2 Å². The minimum absolute atomic E-state index is 0. The Labute approximate surface area is 956 Å². The molecule has 9 fully saturated rings. The van der Waals surface area contributed by atoms with Gasteiger partial charge in [-0.25, -0.2) is 29.9 Å². The Bertz CT molecular complexity index is 4800. The number of fused-ring (bicyclic) bond motifs is 3. The van der Waals surface area contributed by atoms with Gasteiger partial charge in [0.15, 0.2) is 0 Å². The standard InChI is InChI=1S/C26H36OP2.C23H44P2.2C15H22N2OP2.C15H22N2P2.C10H20.3C5H10.CH4.6CH3.3Fe/c1-21(29(2,27)24-17-10-5-11-18-24)25-19-12-20-26(25)28(22-13-6-3-7-14-22)23-15-8-4-9-16-23;1-18(2)24(4)23-17-11-16-22(23)19(3)25(20-12-7-5-8-13-20)21-14-9-6-10-15-21;2*1-15(2,3)20(6,18)14-13(19(4)5)16-11-9-7-8-10-12(11)17-14;1-15(2,3)19(6)14-13(18(4)5)16-11-9-7-8-10-12(11)17-14;1-7(2)10-8(3)5-6-9(10)4;3*1-2-4-5-3-1;;;;;;;;;;/h3-4,6-9,13-16,21,24-26H,5,10-12,17-20H2,1-2H3;18-23H,5-17H2,1-4H3;2*7-10H,1-6H3;7-10H,1-6H3;7-10H,5-6H2,1-4H3;3*1-5H2;1H4;6*1H3;;;/q;;;;;;;;;;6*-1;3*+2/t21-,25?,26?,29?;19-,22?,23?,24?;2*20-;19-;;;;;;;;;;;;;;/m11100............../s1. The first-order chi connectivity index (χ1) is 65.4. The molecular formula is C126H218Fe3N6O3P10. The van der Waals surface area contributed by atoms with E-state index in [1.54, 1.807) is 64.2 Å². The van der Waals surface area contributed by atoms with Crippen LogP contribution in [0.15, 0.2) is 133 Å². The van der Waals surface area contributed by atoms with Crippen LogP contribution in [0.4, 0.5) is 0 Å². The van der Waals surface area contributed by atoms with Gasteiger partial charge in [0.1, 0.15) is 25.2 Å². The molecular weight excluding hydrogens is 2120 g/mol. The van der Waals surface area contributed by atoms with E-state index in [2.05, 4.69) is 209 Å². The minimum Gasteiger partial charge on any atom is -0.358 e. The van der Waals surface area contributed by atoms with Crippen molar-refractivity contribution in [2.75, 3.05) is 73.3 Å². The van der Waals surface area contributed by atoms with Crippen molar-refractivity contribution in [1.29, 1.82) is 0 Å². The van der Waals surface area contributed by atoms with Gasteiger partial charge in [0.2, 0.25) is 0 Å². The maximum Gasteiger partial charge on any atom is 2.00 e. The third-order valence-corrected chi connectivity index (χ3v) is 61.8. The van der Waals surface area contributed by atoms with Gasteiger partial charge in [-0.3, -0.25) is 0 Å². The summed E-state index contributed by atoms with van der Waals surface area (Å²) in [5.41, 5.74) is 18.1. The quantitative estimate of drug-likeness (QED) is 0.0441. The maximum absolute atomic E-state index is 14.1. The van der Waals surface area contributed by atoms with Crippen LogP contribution in [0.2, 0.25) is 0 Å². The summed E-state index contributed by atoms with van der Waals surface area (Å²) in [6.07, 6.45) is 55.8. The predicted molar refractivity (Wildman–Crippen MR) is 682 cm³/mol. The van der Waals surface area contributed by atoms with Gasteiger partial charge < -0.3 is 58.3 Å². The van der Waals surface area contributed by atoms with Crippen LogP contribution in [0, 0.1) is 80.1 Å². The van der Waals surface area contributed by atoms with Crippen molar-refractivity contribution in [3.8, 4) is 0 Å². The second-order valence-electron chi connectivity index (χ2n) is 47.3. The summed E-state index contributed by atoms with van der Waals surface area (Å²) >= 11 is 0. The first-order valence-corrected chi connectivity index (χ1v) is 75.1.